The summed E-state index contributed by atoms with van der Waals surface area (Å²) in [7, 11) is -0.315. The Hall–Kier alpha value is -1.76. The first-order valence-electron chi connectivity index (χ1n) is 7.47. The quantitative estimate of drug-likeness (QED) is 0.807. The molecule has 1 aromatic carbocycles. The van der Waals surface area contributed by atoms with Gasteiger partial charge in [0.05, 0.1) is 17.6 Å². The molecule has 0 unspecified atom stereocenters. The fraction of sp³-hybridized carbons (Fsp3) is 0.353. The molecule has 0 amide bonds. The second-order valence-electron chi connectivity index (χ2n) is 5.39. The van der Waals surface area contributed by atoms with Crippen molar-refractivity contribution in [1.82, 2.24) is 10.3 Å². The molecule has 0 saturated heterocycles. The van der Waals surface area contributed by atoms with E-state index in [4.69, 9.17) is 0 Å². The molecular weight excluding hydrogens is 310 g/mol. The zero-order valence-electron chi connectivity index (χ0n) is 13.8. The molecule has 0 saturated carbocycles. The zero-order chi connectivity index (χ0) is 16.8. The fourth-order valence-corrected chi connectivity index (χ4v) is 2.75. The van der Waals surface area contributed by atoms with E-state index in [1.54, 1.807) is 6.20 Å². The van der Waals surface area contributed by atoms with Crippen molar-refractivity contribution in [3.63, 3.8) is 0 Å². The van der Waals surface area contributed by atoms with Gasteiger partial charge in [0.15, 0.2) is 0 Å². The van der Waals surface area contributed by atoms with E-state index in [0.717, 1.165) is 11.3 Å². The highest BCUT2D eigenvalue weighted by atomic mass is 32.2. The largest absolute Gasteiger partial charge is 0.441 e. The molecule has 0 radical (unpaired) electrons. The van der Waals surface area contributed by atoms with Gasteiger partial charge in [-0.05, 0) is 38.0 Å². The molecule has 0 aliphatic carbocycles. The van der Waals surface area contributed by atoms with Crippen molar-refractivity contribution in [2.45, 2.75) is 32.9 Å². The Morgan fingerprint density at radius 2 is 1.91 bits per heavy atom. The third kappa shape index (κ3) is 4.86. The summed E-state index contributed by atoms with van der Waals surface area (Å²) in [5.41, 5.74) is 3.66. The molecular formula is C17H22N3O2S-. The molecule has 0 aliphatic rings. The van der Waals surface area contributed by atoms with Crippen LogP contribution in [0, 0.1) is 6.92 Å². The predicted molar refractivity (Wildman–Crippen MR) is 92.5 cm³/mol. The number of aryl methyl sites for hydroxylation is 1. The maximum Gasteiger partial charge on any atom is 0.0600 e. The highest BCUT2D eigenvalue weighted by Gasteiger charge is 2.12. The van der Waals surface area contributed by atoms with Crippen molar-refractivity contribution in [3.8, 4) is 0 Å². The van der Waals surface area contributed by atoms with Gasteiger partial charge >= 0.3 is 0 Å². The van der Waals surface area contributed by atoms with E-state index in [9.17, 15) is 4.21 Å². The summed E-state index contributed by atoms with van der Waals surface area (Å²) >= 11 is 0. The Morgan fingerprint density at radius 3 is 2.52 bits per heavy atom. The number of benzene rings is 1. The first-order chi connectivity index (χ1) is 11.0. The van der Waals surface area contributed by atoms with Gasteiger partial charge in [-0.15, -0.1) is 0 Å². The van der Waals surface area contributed by atoms with E-state index in [1.165, 1.54) is 12.7 Å². The van der Waals surface area contributed by atoms with Gasteiger partial charge in [-0.1, -0.05) is 41.2 Å². The van der Waals surface area contributed by atoms with Gasteiger partial charge in [0.25, 0.3) is 0 Å². The average molecular weight is 332 g/mol. The number of nitrogens with zero attached hydrogens (tertiary/aromatic N) is 2. The molecule has 0 aliphatic heterocycles. The van der Waals surface area contributed by atoms with Gasteiger partial charge < -0.3 is 18.1 Å². The molecule has 0 spiro atoms. The SMILES string of the molecule is CO[S-](=O)=Nc1cnc([C@@H](C)N[C@H](C)c2ccccc2)cc1C. The van der Waals surface area contributed by atoms with Gasteiger partial charge in [0, 0.05) is 19.2 Å². The Labute approximate surface area is 139 Å². The minimum atomic E-state index is -1.67. The highest BCUT2D eigenvalue weighted by Crippen LogP contribution is 2.23. The Kier molecular flexibility index (Phi) is 6.27. The van der Waals surface area contributed by atoms with E-state index in [2.05, 4.69) is 44.8 Å². The van der Waals surface area contributed by atoms with Crippen molar-refractivity contribution >= 4 is 16.6 Å². The fourth-order valence-electron chi connectivity index (χ4n) is 2.32. The van der Waals surface area contributed by atoms with Gasteiger partial charge in [-0.3, -0.25) is 4.98 Å². The lowest BCUT2D eigenvalue weighted by molar-refractivity contribution is 0.438. The molecule has 1 heterocycles. The molecule has 2 atom stereocenters. The van der Waals surface area contributed by atoms with Crippen LogP contribution in [-0.4, -0.2) is 12.1 Å². The lowest BCUT2D eigenvalue weighted by Crippen LogP contribution is -2.23. The summed E-state index contributed by atoms with van der Waals surface area (Å²) < 4.78 is 19.9. The zero-order valence-corrected chi connectivity index (χ0v) is 14.6. The number of rotatable bonds is 6. The van der Waals surface area contributed by atoms with Gasteiger partial charge in [-0.25, -0.2) is 0 Å². The number of hydrogen-bond acceptors (Lipinski definition) is 6. The maximum absolute atomic E-state index is 11.3. The summed E-state index contributed by atoms with van der Waals surface area (Å²) in [6.45, 7) is 6.12. The van der Waals surface area contributed by atoms with E-state index < -0.39 is 10.9 Å². The molecule has 5 nitrogen and oxygen atoms in total. The second-order valence-corrected chi connectivity index (χ2v) is 6.34. The van der Waals surface area contributed by atoms with E-state index in [1.807, 2.05) is 31.2 Å². The van der Waals surface area contributed by atoms with E-state index in [-0.39, 0.29) is 12.1 Å². The van der Waals surface area contributed by atoms with Crippen LogP contribution in [0.2, 0.25) is 0 Å². The normalized spacial score (nSPS) is 15.3. The first kappa shape index (κ1) is 17.6. The van der Waals surface area contributed by atoms with Crippen molar-refractivity contribution in [2.75, 3.05) is 7.11 Å². The van der Waals surface area contributed by atoms with Crippen LogP contribution < -0.4 is 5.32 Å². The second kappa shape index (κ2) is 8.19. The lowest BCUT2D eigenvalue weighted by Gasteiger charge is -2.20. The van der Waals surface area contributed by atoms with Crippen LogP contribution in [0.5, 0.6) is 0 Å². The third-order valence-corrected chi connectivity index (χ3v) is 4.29. The smallest absolute Gasteiger partial charge is 0.0600 e. The average Bonchev–Trinajstić information content (AvgIpc) is 2.57. The molecule has 1 N–H and O–H groups in total. The van der Waals surface area contributed by atoms with Crippen LogP contribution in [0.4, 0.5) is 5.69 Å². The summed E-state index contributed by atoms with van der Waals surface area (Å²) in [5, 5.41) is 3.53. The third-order valence-electron chi connectivity index (χ3n) is 3.66. The Balaban J connectivity index is 2.12. The van der Waals surface area contributed by atoms with Crippen LogP contribution in [-0.2, 0) is 19.3 Å². The summed E-state index contributed by atoms with van der Waals surface area (Å²) in [5.74, 6) is 0. The minimum Gasteiger partial charge on any atom is -0.441 e. The standard InChI is InChI=1S/C17H22N3O2S/c1-12-10-16(18-11-17(12)20-23(21)22-4)14(3)19-13(2)15-8-6-5-7-9-15/h5-11,13-14,19H,1-4H3/q-1/t13-,14-/m1/s1. The highest BCUT2D eigenvalue weighted by molar-refractivity contribution is 7.69. The molecule has 23 heavy (non-hydrogen) atoms. The Bertz CT molecular complexity index is 728. The van der Waals surface area contributed by atoms with Crippen LogP contribution in [0.1, 0.15) is 42.8 Å². The minimum absolute atomic E-state index is 0.0888. The molecule has 1 aromatic heterocycles. The molecule has 2 rings (SSSR count). The molecule has 0 fully saturated rings. The predicted octanol–water partition coefficient (Wildman–Crippen LogP) is 4.14. The number of pyridine rings is 1. The summed E-state index contributed by atoms with van der Waals surface area (Å²) in [6, 6.07) is 12.6. The van der Waals surface area contributed by atoms with Gasteiger partial charge in [-0.2, -0.15) is 0 Å². The molecule has 124 valence electrons. The van der Waals surface area contributed by atoms with Crippen LogP contribution in [0.3, 0.4) is 0 Å². The van der Waals surface area contributed by atoms with Gasteiger partial charge in [0.2, 0.25) is 0 Å². The van der Waals surface area contributed by atoms with Crippen molar-refractivity contribution < 1.29 is 8.39 Å². The number of hydrogen-bond donors (Lipinski definition) is 1. The van der Waals surface area contributed by atoms with Crippen molar-refractivity contribution in [2.24, 2.45) is 4.36 Å². The molecule has 0 bridgehead atoms. The Morgan fingerprint density at radius 1 is 1.22 bits per heavy atom. The van der Waals surface area contributed by atoms with Crippen LogP contribution in [0.15, 0.2) is 47.0 Å². The molecule has 6 heteroatoms. The first-order valence-corrected chi connectivity index (χ1v) is 8.50. The number of nitrogens with one attached hydrogen (secondary N) is 1. The van der Waals surface area contributed by atoms with Crippen molar-refractivity contribution in [3.05, 3.63) is 59.4 Å². The lowest BCUT2D eigenvalue weighted by atomic mass is 10.1. The van der Waals surface area contributed by atoms with E-state index >= 15 is 0 Å². The van der Waals surface area contributed by atoms with Crippen molar-refractivity contribution in [1.29, 1.82) is 0 Å². The van der Waals surface area contributed by atoms with Crippen LogP contribution in [0.25, 0.3) is 0 Å². The monoisotopic (exact) mass is 332 g/mol. The van der Waals surface area contributed by atoms with E-state index in [0.29, 0.717) is 5.69 Å². The molecule has 2 aromatic rings. The summed E-state index contributed by atoms with van der Waals surface area (Å²) in [4.78, 5) is 4.43. The van der Waals surface area contributed by atoms with Crippen LogP contribution >= 0.6 is 0 Å². The number of aromatic nitrogens is 1. The maximum atomic E-state index is 11.3. The van der Waals surface area contributed by atoms with Gasteiger partial charge in [0.1, 0.15) is 0 Å². The summed E-state index contributed by atoms with van der Waals surface area (Å²) in [6.07, 6.45) is 1.63. The topological polar surface area (TPSA) is 63.6 Å².